The van der Waals surface area contributed by atoms with Crippen LogP contribution in [0.3, 0.4) is 0 Å². The van der Waals surface area contributed by atoms with Gasteiger partial charge in [-0.15, -0.1) is 0 Å². The number of ether oxygens (including phenoxy) is 2. The molecule has 0 radical (unpaired) electrons. The average molecular weight is 431 g/mol. The topological polar surface area (TPSA) is 50.8 Å². The molecule has 2 aromatic carbocycles. The summed E-state index contributed by atoms with van der Waals surface area (Å²) >= 11 is 3.45. The third kappa shape index (κ3) is 5.58. The highest BCUT2D eigenvalue weighted by Gasteiger charge is 2.11. The standard InChI is InChI=1S/C21H23BrN2O3/c1-2-27-20-9-4-17(22)15-16(20)3-10-21(25)23-18-5-7-19(8-6-18)24-11-13-26-14-12-24/h3-10,15H,2,11-14H2,1H3,(H,23,25)/b10-3+. The third-order valence-electron chi connectivity index (χ3n) is 4.20. The van der Waals surface area contributed by atoms with Crippen molar-refractivity contribution < 1.29 is 14.3 Å². The highest BCUT2D eigenvalue weighted by Crippen LogP contribution is 2.25. The van der Waals surface area contributed by atoms with Crippen LogP contribution in [-0.4, -0.2) is 38.8 Å². The molecule has 142 valence electrons. The van der Waals surface area contributed by atoms with Gasteiger partial charge in [-0.05, 0) is 55.5 Å². The second kappa shape index (κ2) is 9.58. The van der Waals surface area contributed by atoms with Crippen molar-refractivity contribution in [1.29, 1.82) is 0 Å². The number of anilines is 2. The minimum Gasteiger partial charge on any atom is -0.493 e. The van der Waals surface area contributed by atoms with Crippen LogP contribution >= 0.6 is 15.9 Å². The lowest BCUT2D eigenvalue weighted by Crippen LogP contribution is -2.36. The van der Waals surface area contributed by atoms with E-state index in [2.05, 4.69) is 26.1 Å². The van der Waals surface area contributed by atoms with E-state index in [0.29, 0.717) is 6.61 Å². The summed E-state index contributed by atoms with van der Waals surface area (Å²) in [5, 5.41) is 2.89. The van der Waals surface area contributed by atoms with Crippen molar-refractivity contribution >= 4 is 39.3 Å². The molecule has 0 unspecified atom stereocenters. The van der Waals surface area contributed by atoms with Gasteiger partial charge >= 0.3 is 0 Å². The molecule has 0 saturated carbocycles. The van der Waals surface area contributed by atoms with Crippen LogP contribution in [0.1, 0.15) is 12.5 Å². The molecule has 1 aliphatic rings. The zero-order valence-corrected chi connectivity index (χ0v) is 16.9. The first-order chi connectivity index (χ1) is 13.2. The molecule has 0 aliphatic carbocycles. The van der Waals surface area contributed by atoms with Crippen molar-refractivity contribution in [3.63, 3.8) is 0 Å². The zero-order valence-electron chi connectivity index (χ0n) is 15.3. The first kappa shape index (κ1) is 19.5. The molecule has 1 aliphatic heterocycles. The van der Waals surface area contributed by atoms with Gasteiger partial charge in [-0.1, -0.05) is 15.9 Å². The van der Waals surface area contributed by atoms with Gasteiger partial charge in [0.2, 0.25) is 5.91 Å². The quantitative estimate of drug-likeness (QED) is 0.692. The second-order valence-corrected chi connectivity index (χ2v) is 7.00. The van der Waals surface area contributed by atoms with Crippen LogP contribution in [0.15, 0.2) is 53.0 Å². The summed E-state index contributed by atoms with van der Waals surface area (Å²) in [6, 6.07) is 13.6. The summed E-state index contributed by atoms with van der Waals surface area (Å²) in [7, 11) is 0. The minimum absolute atomic E-state index is 0.184. The van der Waals surface area contributed by atoms with Crippen LogP contribution in [0.5, 0.6) is 5.75 Å². The Hall–Kier alpha value is -2.31. The fourth-order valence-corrected chi connectivity index (χ4v) is 3.24. The van der Waals surface area contributed by atoms with E-state index in [0.717, 1.165) is 53.5 Å². The normalized spacial score (nSPS) is 14.4. The van der Waals surface area contributed by atoms with E-state index in [9.17, 15) is 4.79 Å². The van der Waals surface area contributed by atoms with E-state index in [1.54, 1.807) is 6.08 Å². The molecule has 1 saturated heterocycles. The number of nitrogens with one attached hydrogen (secondary N) is 1. The van der Waals surface area contributed by atoms with Crippen molar-refractivity contribution in [1.82, 2.24) is 0 Å². The molecule has 0 spiro atoms. The maximum atomic E-state index is 12.2. The monoisotopic (exact) mass is 430 g/mol. The summed E-state index contributed by atoms with van der Waals surface area (Å²) in [6.07, 6.45) is 3.27. The predicted octanol–water partition coefficient (Wildman–Crippen LogP) is 4.34. The number of rotatable bonds is 6. The van der Waals surface area contributed by atoms with Gasteiger partial charge in [0.15, 0.2) is 0 Å². The first-order valence-electron chi connectivity index (χ1n) is 9.00. The zero-order chi connectivity index (χ0) is 19.1. The molecule has 2 aromatic rings. The first-order valence-corrected chi connectivity index (χ1v) is 9.79. The van der Waals surface area contributed by atoms with Crippen LogP contribution < -0.4 is 15.0 Å². The summed E-state index contributed by atoms with van der Waals surface area (Å²) in [5.41, 5.74) is 2.76. The molecule has 1 amide bonds. The maximum Gasteiger partial charge on any atom is 0.248 e. The number of benzene rings is 2. The Bertz CT molecular complexity index is 800. The van der Waals surface area contributed by atoms with Crippen LogP contribution in [-0.2, 0) is 9.53 Å². The number of hydrogen-bond donors (Lipinski definition) is 1. The molecule has 1 fully saturated rings. The predicted molar refractivity (Wildman–Crippen MR) is 112 cm³/mol. The van der Waals surface area contributed by atoms with E-state index in [4.69, 9.17) is 9.47 Å². The summed E-state index contributed by atoms with van der Waals surface area (Å²) < 4.78 is 11.9. The molecular weight excluding hydrogens is 408 g/mol. The highest BCUT2D eigenvalue weighted by atomic mass is 79.9. The molecule has 3 rings (SSSR count). The van der Waals surface area contributed by atoms with E-state index < -0.39 is 0 Å². The lowest BCUT2D eigenvalue weighted by molar-refractivity contribution is -0.111. The third-order valence-corrected chi connectivity index (χ3v) is 4.69. The van der Waals surface area contributed by atoms with Crippen LogP contribution in [0.4, 0.5) is 11.4 Å². The number of morpholine rings is 1. The van der Waals surface area contributed by atoms with Crippen molar-refractivity contribution in [3.05, 3.63) is 58.6 Å². The largest absolute Gasteiger partial charge is 0.493 e. The Morgan fingerprint density at radius 2 is 1.96 bits per heavy atom. The van der Waals surface area contributed by atoms with Gasteiger partial charge in [-0.25, -0.2) is 0 Å². The smallest absolute Gasteiger partial charge is 0.248 e. The molecule has 6 heteroatoms. The lowest BCUT2D eigenvalue weighted by atomic mass is 10.2. The molecule has 27 heavy (non-hydrogen) atoms. The number of amides is 1. The fourth-order valence-electron chi connectivity index (χ4n) is 2.86. The van der Waals surface area contributed by atoms with Crippen molar-refractivity contribution in [2.75, 3.05) is 43.1 Å². The number of carbonyl (C=O) groups excluding carboxylic acids is 1. The van der Waals surface area contributed by atoms with Gasteiger partial charge in [0.25, 0.3) is 0 Å². The minimum atomic E-state index is -0.184. The molecule has 0 aromatic heterocycles. The average Bonchev–Trinajstić information content (AvgIpc) is 2.69. The molecule has 1 N–H and O–H groups in total. The summed E-state index contributed by atoms with van der Waals surface area (Å²) in [5.74, 6) is 0.566. The molecule has 0 atom stereocenters. The Morgan fingerprint density at radius 3 is 2.67 bits per heavy atom. The van der Waals surface area contributed by atoms with E-state index in [1.807, 2.05) is 49.4 Å². The van der Waals surface area contributed by atoms with E-state index >= 15 is 0 Å². The van der Waals surface area contributed by atoms with Gasteiger partial charge in [-0.3, -0.25) is 4.79 Å². The van der Waals surface area contributed by atoms with Crippen LogP contribution in [0.25, 0.3) is 6.08 Å². The van der Waals surface area contributed by atoms with Gasteiger partial charge in [0.1, 0.15) is 5.75 Å². The van der Waals surface area contributed by atoms with E-state index in [1.165, 1.54) is 6.08 Å². The Morgan fingerprint density at radius 1 is 1.22 bits per heavy atom. The SMILES string of the molecule is CCOc1ccc(Br)cc1/C=C/C(=O)Nc1ccc(N2CCOCC2)cc1. The summed E-state index contributed by atoms with van der Waals surface area (Å²) in [4.78, 5) is 14.5. The maximum absolute atomic E-state index is 12.2. The summed E-state index contributed by atoms with van der Waals surface area (Å²) in [6.45, 7) is 5.80. The highest BCUT2D eigenvalue weighted by molar-refractivity contribution is 9.10. The molecule has 1 heterocycles. The molecular formula is C21H23BrN2O3. The van der Waals surface area contributed by atoms with Crippen LogP contribution in [0, 0.1) is 0 Å². The van der Waals surface area contributed by atoms with Crippen molar-refractivity contribution in [3.8, 4) is 5.75 Å². The molecule has 5 nitrogen and oxygen atoms in total. The number of carbonyl (C=O) groups is 1. The number of nitrogens with zero attached hydrogens (tertiary/aromatic N) is 1. The van der Waals surface area contributed by atoms with Gasteiger partial charge < -0.3 is 19.7 Å². The van der Waals surface area contributed by atoms with Crippen molar-refractivity contribution in [2.24, 2.45) is 0 Å². The second-order valence-electron chi connectivity index (χ2n) is 6.08. The Labute approximate surface area is 168 Å². The van der Waals surface area contributed by atoms with Gasteiger partial charge in [0, 0.05) is 40.6 Å². The van der Waals surface area contributed by atoms with Gasteiger partial charge in [0.05, 0.1) is 19.8 Å². The van der Waals surface area contributed by atoms with Crippen molar-refractivity contribution in [2.45, 2.75) is 6.92 Å². The van der Waals surface area contributed by atoms with Gasteiger partial charge in [-0.2, -0.15) is 0 Å². The van der Waals surface area contributed by atoms with Crippen LogP contribution in [0.2, 0.25) is 0 Å². The number of halogens is 1. The number of hydrogen-bond acceptors (Lipinski definition) is 4. The Balaban J connectivity index is 1.62. The fraction of sp³-hybridized carbons (Fsp3) is 0.286. The van der Waals surface area contributed by atoms with E-state index in [-0.39, 0.29) is 5.91 Å². The Kier molecular flexibility index (Phi) is 6.90. The lowest BCUT2D eigenvalue weighted by Gasteiger charge is -2.28. The molecule has 0 bridgehead atoms.